The molecule has 1 fully saturated rings. The Morgan fingerprint density at radius 2 is 2.00 bits per heavy atom. The van der Waals surface area contributed by atoms with Crippen LogP contribution in [0.1, 0.15) is 42.7 Å². The molecule has 0 saturated heterocycles. The quantitative estimate of drug-likeness (QED) is 0.321. The molecule has 5 rings (SSSR count). The van der Waals surface area contributed by atoms with Crippen molar-refractivity contribution in [3.05, 3.63) is 75.6 Å². The maximum Gasteiger partial charge on any atom is 0.170 e. The molecule has 5 N–H and O–H groups in total. The average Bonchev–Trinajstić information content (AvgIpc) is 3.59. The molecule has 0 radical (unpaired) electrons. The van der Waals surface area contributed by atoms with Crippen LogP contribution in [-0.2, 0) is 23.0 Å². The highest BCUT2D eigenvalue weighted by Gasteiger charge is 2.25. The Hall–Kier alpha value is -2.43. The number of aromatic nitrogens is 2. The molecule has 35 heavy (non-hydrogen) atoms. The Balaban J connectivity index is 0.000000421. The number of thiophene rings is 1. The van der Waals surface area contributed by atoms with E-state index in [0.29, 0.717) is 17.2 Å². The molecule has 10 heteroatoms. The van der Waals surface area contributed by atoms with E-state index in [9.17, 15) is 13.7 Å². The maximum absolute atomic E-state index is 14.4. The van der Waals surface area contributed by atoms with E-state index in [0.717, 1.165) is 44.6 Å². The number of halogens is 2. The summed E-state index contributed by atoms with van der Waals surface area (Å²) in [4.78, 5) is 9.20. The van der Waals surface area contributed by atoms with Crippen LogP contribution in [0, 0.1) is 5.82 Å². The van der Waals surface area contributed by atoms with E-state index in [4.69, 9.17) is 22.5 Å². The zero-order valence-electron chi connectivity index (χ0n) is 19.3. The fraction of sp³-hybridized carbons (Fsp3) is 0.280. The SMILES string of the molecule is CC(C)(O)c1ccnc(-c2cccc3cc(Cc4c(Cl)cnc(N)c4F)sc23)c1.NS(=O)C1CC1. The molecule has 1 aliphatic rings. The maximum atomic E-state index is 14.4. The first-order valence-electron chi connectivity index (χ1n) is 11.0. The topological polar surface area (TPSA) is 115 Å². The third-order valence-electron chi connectivity index (χ3n) is 5.64. The Morgan fingerprint density at radius 3 is 2.63 bits per heavy atom. The van der Waals surface area contributed by atoms with Crippen LogP contribution in [0.2, 0.25) is 5.02 Å². The molecule has 1 atom stereocenters. The second-order valence-electron chi connectivity index (χ2n) is 8.91. The van der Waals surface area contributed by atoms with Gasteiger partial charge < -0.3 is 10.8 Å². The fourth-order valence-corrected chi connectivity index (χ4v) is 5.51. The number of hydrogen-bond donors (Lipinski definition) is 3. The summed E-state index contributed by atoms with van der Waals surface area (Å²) >= 11 is 7.71. The smallest absolute Gasteiger partial charge is 0.170 e. The highest BCUT2D eigenvalue weighted by molar-refractivity contribution is 7.83. The van der Waals surface area contributed by atoms with Gasteiger partial charge in [-0.2, -0.15) is 0 Å². The molecule has 0 aliphatic heterocycles. The highest BCUT2D eigenvalue weighted by atomic mass is 35.5. The number of pyridine rings is 2. The summed E-state index contributed by atoms with van der Waals surface area (Å²) < 4.78 is 25.5. The molecule has 1 unspecified atom stereocenters. The largest absolute Gasteiger partial charge is 0.386 e. The van der Waals surface area contributed by atoms with E-state index in [2.05, 4.69) is 9.97 Å². The first-order chi connectivity index (χ1) is 16.5. The van der Waals surface area contributed by atoms with Crippen molar-refractivity contribution in [2.24, 2.45) is 5.14 Å². The van der Waals surface area contributed by atoms with Gasteiger partial charge in [0.15, 0.2) is 11.6 Å². The predicted octanol–water partition coefficient (Wildman–Crippen LogP) is 5.32. The van der Waals surface area contributed by atoms with E-state index >= 15 is 0 Å². The Morgan fingerprint density at radius 1 is 1.26 bits per heavy atom. The van der Waals surface area contributed by atoms with Crippen molar-refractivity contribution in [1.82, 2.24) is 9.97 Å². The van der Waals surface area contributed by atoms with Crippen LogP contribution in [0.15, 0.2) is 48.8 Å². The first-order valence-corrected chi connectivity index (χ1v) is 13.5. The van der Waals surface area contributed by atoms with Crippen molar-refractivity contribution in [3.63, 3.8) is 0 Å². The lowest BCUT2D eigenvalue weighted by atomic mass is 9.97. The van der Waals surface area contributed by atoms with E-state index in [1.807, 2.05) is 36.4 Å². The van der Waals surface area contributed by atoms with Crippen molar-refractivity contribution in [2.75, 3.05) is 5.73 Å². The van der Waals surface area contributed by atoms with Gasteiger partial charge in [-0.1, -0.05) is 29.8 Å². The van der Waals surface area contributed by atoms with Crippen LogP contribution < -0.4 is 10.9 Å². The first kappa shape index (κ1) is 25.7. The van der Waals surface area contributed by atoms with Crippen LogP contribution in [0.5, 0.6) is 0 Å². The van der Waals surface area contributed by atoms with E-state index in [1.165, 1.54) is 6.20 Å². The normalized spacial score (nSPS) is 14.5. The van der Waals surface area contributed by atoms with Crippen molar-refractivity contribution >= 4 is 49.8 Å². The molecule has 1 saturated carbocycles. The Bertz CT molecular complexity index is 1400. The summed E-state index contributed by atoms with van der Waals surface area (Å²) in [6.45, 7) is 3.49. The molecule has 184 valence electrons. The summed E-state index contributed by atoms with van der Waals surface area (Å²) in [5.74, 6) is -0.728. The minimum absolute atomic E-state index is 0.154. The second-order valence-corrected chi connectivity index (χ2v) is 11.8. The van der Waals surface area contributed by atoms with Crippen molar-refractivity contribution in [3.8, 4) is 11.3 Å². The second kappa shape index (κ2) is 10.3. The van der Waals surface area contributed by atoms with Gasteiger partial charge in [-0.05, 0) is 55.8 Å². The van der Waals surface area contributed by atoms with Crippen LogP contribution in [0.25, 0.3) is 21.3 Å². The number of aliphatic hydroxyl groups is 1. The molecular formula is C25H26ClFN4O2S2. The monoisotopic (exact) mass is 532 g/mol. The van der Waals surface area contributed by atoms with Gasteiger partial charge >= 0.3 is 0 Å². The predicted molar refractivity (Wildman–Crippen MR) is 142 cm³/mol. The van der Waals surface area contributed by atoms with Crippen LogP contribution >= 0.6 is 22.9 Å². The van der Waals surface area contributed by atoms with Gasteiger partial charge in [-0.3, -0.25) is 10.1 Å². The summed E-state index contributed by atoms with van der Waals surface area (Å²) in [6.07, 6.45) is 5.55. The van der Waals surface area contributed by atoms with E-state index in [-0.39, 0.29) is 10.8 Å². The van der Waals surface area contributed by atoms with Crippen molar-refractivity contribution in [2.45, 2.75) is 44.0 Å². The third-order valence-corrected chi connectivity index (χ3v) is 8.27. The van der Waals surface area contributed by atoms with Gasteiger partial charge in [0.2, 0.25) is 0 Å². The molecule has 1 aliphatic carbocycles. The molecule has 1 aromatic carbocycles. The number of rotatable bonds is 5. The fourth-order valence-electron chi connectivity index (χ4n) is 3.52. The minimum atomic E-state index is -1.01. The van der Waals surface area contributed by atoms with Crippen molar-refractivity contribution in [1.29, 1.82) is 0 Å². The molecular weight excluding hydrogens is 507 g/mol. The van der Waals surface area contributed by atoms with E-state index in [1.54, 1.807) is 31.4 Å². The summed E-state index contributed by atoms with van der Waals surface area (Å²) in [5.41, 5.74) is 7.51. The minimum Gasteiger partial charge on any atom is -0.386 e. The van der Waals surface area contributed by atoms with Gasteiger partial charge in [0.1, 0.15) is 0 Å². The summed E-state index contributed by atoms with van der Waals surface area (Å²) in [7, 11) is -1.01. The highest BCUT2D eigenvalue weighted by Crippen LogP contribution is 2.37. The standard InChI is InChI=1S/C22H19ClFN3OS.C3H7NOS/c1-22(2,28)13-6-7-26-18(9-13)15-5-3-4-12-8-14(29-20(12)15)10-16-17(23)11-27-21(25)19(16)24;4-6(5)3-1-2-3/h3-9,11,28H,10H2,1-2H3,(H2,25,27);3H,1-2,4H2. The molecule has 4 aromatic rings. The lowest BCUT2D eigenvalue weighted by molar-refractivity contribution is 0.0785. The molecule has 3 heterocycles. The summed E-state index contributed by atoms with van der Waals surface area (Å²) in [6, 6.07) is 11.7. The van der Waals surface area contributed by atoms with Crippen LogP contribution in [-0.4, -0.2) is 24.5 Å². The van der Waals surface area contributed by atoms with Crippen LogP contribution in [0.3, 0.4) is 0 Å². The molecule has 0 bridgehead atoms. The lowest BCUT2D eigenvalue weighted by Crippen LogP contribution is -2.15. The lowest BCUT2D eigenvalue weighted by Gasteiger charge is -2.18. The number of fused-ring (bicyclic) bond motifs is 1. The number of nitrogen functional groups attached to an aromatic ring is 1. The van der Waals surface area contributed by atoms with Gasteiger partial charge in [0, 0.05) is 44.8 Å². The number of anilines is 1. The van der Waals surface area contributed by atoms with Gasteiger partial charge in [0.25, 0.3) is 0 Å². The van der Waals surface area contributed by atoms with Crippen molar-refractivity contribution < 1.29 is 13.7 Å². The molecule has 0 spiro atoms. The Kier molecular flexibility index (Phi) is 7.54. The number of hydrogen-bond acceptors (Lipinski definition) is 6. The molecule has 3 aromatic heterocycles. The average molecular weight is 533 g/mol. The zero-order chi connectivity index (χ0) is 25.3. The third kappa shape index (κ3) is 6.05. The van der Waals surface area contributed by atoms with Crippen LogP contribution in [0.4, 0.5) is 10.2 Å². The van der Waals surface area contributed by atoms with Gasteiger partial charge in [-0.15, -0.1) is 11.3 Å². The number of nitrogens with two attached hydrogens (primary N) is 2. The number of benzene rings is 1. The zero-order valence-corrected chi connectivity index (χ0v) is 21.7. The van der Waals surface area contributed by atoms with E-state index < -0.39 is 22.4 Å². The number of nitrogens with zero attached hydrogens (tertiary/aromatic N) is 2. The van der Waals surface area contributed by atoms with Gasteiger partial charge in [0.05, 0.1) is 27.3 Å². The summed E-state index contributed by atoms with van der Waals surface area (Å²) in [5, 5.41) is 16.9. The van der Waals surface area contributed by atoms with Gasteiger partial charge in [-0.25, -0.2) is 13.6 Å². The Labute approximate surface area is 214 Å². The molecule has 0 amide bonds. The molecule has 6 nitrogen and oxygen atoms in total.